The molecule has 1 aromatic rings. The zero-order chi connectivity index (χ0) is 15.1. The standard InChI is InChI=1S/C18H30N2O/c1-18(2,3)20-13-15-10-11-16(19-12-15)14-21-17-8-6-4-5-7-9-17/h10-12,17,20H,4-9,13-14H2,1-3H3. The predicted molar refractivity (Wildman–Crippen MR) is 87.1 cm³/mol. The van der Waals surface area contributed by atoms with E-state index in [-0.39, 0.29) is 5.54 Å². The lowest BCUT2D eigenvalue weighted by Crippen LogP contribution is -2.35. The first-order valence-corrected chi connectivity index (χ1v) is 8.33. The third-order valence-electron chi connectivity index (χ3n) is 3.98. The number of pyridine rings is 1. The van der Waals surface area contributed by atoms with Crippen LogP contribution in [0.15, 0.2) is 18.3 Å². The molecule has 0 aromatic carbocycles. The van der Waals surface area contributed by atoms with Crippen molar-refractivity contribution in [1.82, 2.24) is 10.3 Å². The molecule has 1 saturated carbocycles. The van der Waals surface area contributed by atoms with E-state index >= 15 is 0 Å². The molecular formula is C18H30N2O. The maximum Gasteiger partial charge on any atom is 0.0891 e. The summed E-state index contributed by atoms with van der Waals surface area (Å²) >= 11 is 0. The van der Waals surface area contributed by atoms with Gasteiger partial charge in [-0.15, -0.1) is 0 Å². The van der Waals surface area contributed by atoms with Crippen molar-refractivity contribution in [2.24, 2.45) is 0 Å². The second-order valence-corrected chi connectivity index (χ2v) is 7.19. The molecule has 0 atom stereocenters. The Morgan fingerprint density at radius 3 is 2.43 bits per heavy atom. The fourth-order valence-electron chi connectivity index (χ4n) is 2.62. The summed E-state index contributed by atoms with van der Waals surface area (Å²) in [5.74, 6) is 0. The maximum absolute atomic E-state index is 6.02. The lowest BCUT2D eigenvalue weighted by atomic mass is 10.1. The molecule has 0 aliphatic heterocycles. The minimum atomic E-state index is 0.140. The summed E-state index contributed by atoms with van der Waals surface area (Å²) in [6.45, 7) is 8.04. The Morgan fingerprint density at radius 1 is 1.14 bits per heavy atom. The number of nitrogens with one attached hydrogen (secondary N) is 1. The van der Waals surface area contributed by atoms with Gasteiger partial charge in [0.05, 0.1) is 18.4 Å². The Kier molecular flexibility index (Phi) is 6.19. The molecule has 1 aliphatic carbocycles. The molecule has 1 aliphatic rings. The van der Waals surface area contributed by atoms with E-state index in [1.165, 1.54) is 44.1 Å². The van der Waals surface area contributed by atoms with Gasteiger partial charge in [0.2, 0.25) is 0 Å². The molecule has 1 fully saturated rings. The van der Waals surface area contributed by atoms with Crippen LogP contribution in [0.1, 0.15) is 70.6 Å². The van der Waals surface area contributed by atoms with Crippen molar-refractivity contribution in [2.75, 3.05) is 0 Å². The molecular weight excluding hydrogens is 260 g/mol. The van der Waals surface area contributed by atoms with Crippen LogP contribution in [0.25, 0.3) is 0 Å². The Bertz CT molecular complexity index is 400. The molecule has 0 bridgehead atoms. The van der Waals surface area contributed by atoms with Gasteiger partial charge in [-0.1, -0.05) is 31.7 Å². The highest BCUT2D eigenvalue weighted by Gasteiger charge is 2.13. The van der Waals surface area contributed by atoms with Crippen molar-refractivity contribution < 1.29 is 4.74 Å². The van der Waals surface area contributed by atoms with Gasteiger partial charge in [-0.05, 0) is 45.2 Å². The Morgan fingerprint density at radius 2 is 1.86 bits per heavy atom. The summed E-state index contributed by atoms with van der Waals surface area (Å²) in [6.07, 6.45) is 10.2. The van der Waals surface area contributed by atoms with Gasteiger partial charge in [-0.2, -0.15) is 0 Å². The SMILES string of the molecule is CC(C)(C)NCc1ccc(COC2CCCCCC2)nc1. The lowest BCUT2D eigenvalue weighted by molar-refractivity contribution is 0.0292. The van der Waals surface area contributed by atoms with Gasteiger partial charge in [0.25, 0.3) is 0 Å². The number of hydrogen-bond acceptors (Lipinski definition) is 3. The average molecular weight is 290 g/mol. The molecule has 3 nitrogen and oxygen atoms in total. The summed E-state index contributed by atoms with van der Waals surface area (Å²) in [6, 6.07) is 4.24. The van der Waals surface area contributed by atoms with Gasteiger partial charge in [-0.3, -0.25) is 4.98 Å². The third-order valence-corrected chi connectivity index (χ3v) is 3.98. The number of hydrogen-bond donors (Lipinski definition) is 1. The number of aromatic nitrogens is 1. The van der Waals surface area contributed by atoms with Crippen LogP contribution in [0.3, 0.4) is 0 Å². The average Bonchev–Trinajstić information content (AvgIpc) is 2.72. The highest BCUT2D eigenvalue weighted by molar-refractivity contribution is 5.13. The van der Waals surface area contributed by atoms with Gasteiger partial charge < -0.3 is 10.1 Å². The smallest absolute Gasteiger partial charge is 0.0891 e. The fraction of sp³-hybridized carbons (Fsp3) is 0.722. The van der Waals surface area contributed by atoms with Crippen molar-refractivity contribution in [3.63, 3.8) is 0 Å². The van der Waals surface area contributed by atoms with E-state index in [0.29, 0.717) is 12.7 Å². The molecule has 0 unspecified atom stereocenters. The first kappa shape index (κ1) is 16.4. The Hall–Kier alpha value is -0.930. The van der Waals surface area contributed by atoms with Gasteiger partial charge >= 0.3 is 0 Å². The van der Waals surface area contributed by atoms with Gasteiger partial charge in [0, 0.05) is 18.3 Å². The number of rotatable bonds is 5. The Labute approximate surface area is 129 Å². The number of ether oxygens (including phenoxy) is 1. The molecule has 1 N–H and O–H groups in total. The normalized spacial score (nSPS) is 17.7. The van der Waals surface area contributed by atoms with Crippen LogP contribution >= 0.6 is 0 Å². The van der Waals surface area contributed by atoms with E-state index in [2.05, 4.69) is 43.2 Å². The first-order valence-electron chi connectivity index (χ1n) is 8.33. The predicted octanol–water partition coefficient (Wildman–Crippen LogP) is 4.21. The molecule has 0 amide bonds. The summed E-state index contributed by atoms with van der Waals surface area (Å²) in [5, 5.41) is 3.48. The second kappa shape index (κ2) is 7.90. The third kappa shape index (κ3) is 6.58. The second-order valence-electron chi connectivity index (χ2n) is 7.19. The zero-order valence-electron chi connectivity index (χ0n) is 13.8. The van der Waals surface area contributed by atoms with Crippen molar-refractivity contribution >= 4 is 0 Å². The summed E-state index contributed by atoms with van der Waals surface area (Å²) in [5.41, 5.74) is 2.41. The van der Waals surface area contributed by atoms with Crippen molar-refractivity contribution in [3.8, 4) is 0 Å². The van der Waals surface area contributed by atoms with Crippen molar-refractivity contribution in [3.05, 3.63) is 29.6 Å². The molecule has 1 aromatic heterocycles. The van der Waals surface area contributed by atoms with Gasteiger partial charge in [0.1, 0.15) is 0 Å². The van der Waals surface area contributed by atoms with E-state index in [1.807, 2.05) is 6.20 Å². The molecule has 0 saturated heterocycles. The first-order chi connectivity index (χ1) is 10.0. The molecule has 0 radical (unpaired) electrons. The molecule has 0 spiro atoms. The summed E-state index contributed by atoms with van der Waals surface area (Å²) < 4.78 is 6.02. The van der Waals surface area contributed by atoms with Crippen LogP contribution < -0.4 is 5.32 Å². The van der Waals surface area contributed by atoms with E-state index < -0.39 is 0 Å². The van der Waals surface area contributed by atoms with Gasteiger partial charge in [0.15, 0.2) is 0 Å². The van der Waals surface area contributed by atoms with E-state index in [1.54, 1.807) is 0 Å². The highest BCUT2D eigenvalue weighted by Crippen LogP contribution is 2.20. The minimum Gasteiger partial charge on any atom is -0.372 e. The zero-order valence-corrected chi connectivity index (χ0v) is 13.8. The lowest BCUT2D eigenvalue weighted by Gasteiger charge is -2.20. The maximum atomic E-state index is 6.02. The van der Waals surface area contributed by atoms with Gasteiger partial charge in [-0.25, -0.2) is 0 Å². The minimum absolute atomic E-state index is 0.140. The van der Waals surface area contributed by atoms with Crippen LogP contribution in [0, 0.1) is 0 Å². The topological polar surface area (TPSA) is 34.1 Å². The van der Waals surface area contributed by atoms with E-state index in [4.69, 9.17) is 4.74 Å². The quantitative estimate of drug-likeness (QED) is 0.825. The van der Waals surface area contributed by atoms with Crippen LogP contribution in [-0.2, 0) is 17.9 Å². The molecule has 21 heavy (non-hydrogen) atoms. The fourth-order valence-corrected chi connectivity index (χ4v) is 2.62. The molecule has 118 valence electrons. The van der Waals surface area contributed by atoms with E-state index in [0.717, 1.165) is 12.2 Å². The van der Waals surface area contributed by atoms with Crippen molar-refractivity contribution in [2.45, 2.75) is 84.1 Å². The Balaban J connectivity index is 1.76. The molecule has 1 heterocycles. The molecule has 3 heteroatoms. The number of nitrogens with zero attached hydrogens (tertiary/aromatic N) is 1. The highest BCUT2D eigenvalue weighted by atomic mass is 16.5. The molecule has 2 rings (SSSR count). The van der Waals surface area contributed by atoms with Crippen LogP contribution in [0.5, 0.6) is 0 Å². The largest absolute Gasteiger partial charge is 0.372 e. The summed E-state index contributed by atoms with van der Waals surface area (Å²) in [7, 11) is 0. The van der Waals surface area contributed by atoms with E-state index in [9.17, 15) is 0 Å². The van der Waals surface area contributed by atoms with Crippen LogP contribution in [0.2, 0.25) is 0 Å². The monoisotopic (exact) mass is 290 g/mol. The van der Waals surface area contributed by atoms with Crippen LogP contribution in [0.4, 0.5) is 0 Å². The van der Waals surface area contributed by atoms with Crippen LogP contribution in [-0.4, -0.2) is 16.6 Å². The van der Waals surface area contributed by atoms with Crippen molar-refractivity contribution in [1.29, 1.82) is 0 Å². The summed E-state index contributed by atoms with van der Waals surface area (Å²) in [4.78, 5) is 4.52.